The van der Waals surface area contributed by atoms with Gasteiger partial charge in [-0.15, -0.1) is 0 Å². The standard InChI is InChI=1S/C26H22Cl3N3O2S/c1-26(2)10-20-24(21(33)11-26)23(14-3-5-15(27)6-4-14)17(12-30)25(32-20)35-13-22(34)31-19-8-7-16(28)9-18(19)29/h3-9,23,32H,10-11,13H2,1-2H3,(H,31,34). The third-order valence-corrected chi connectivity index (χ3v) is 7.70. The van der Waals surface area contributed by atoms with Crippen LogP contribution in [-0.4, -0.2) is 17.4 Å². The Morgan fingerprint density at radius 2 is 1.83 bits per heavy atom. The lowest BCUT2D eigenvalue weighted by atomic mass is 9.69. The van der Waals surface area contributed by atoms with Crippen LogP contribution in [-0.2, 0) is 9.59 Å². The van der Waals surface area contributed by atoms with Gasteiger partial charge in [0.1, 0.15) is 0 Å². The molecular weight excluding hydrogens is 525 g/mol. The number of benzene rings is 2. The van der Waals surface area contributed by atoms with Crippen molar-refractivity contribution in [1.82, 2.24) is 5.32 Å². The minimum Gasteiger partial charge on any atom is -0.352 e. The second-order valence-electron chi connectivity index (χ2n) is 9.26. The topological polar surface area (TPSA) is 82.0 Å². The molecule has 5 nitrogen and oxygen atoms in total. The van der Waals surface area contributed by atoms with E-state index < -0.39 is 5.92 Å². The molecule has 2 aliphatic rings. The Morgan fingerprint density at radius 3 is 2.49 bits per heavy atom. The van der Waals surface area contributed by atoms with E-state index >= 15 is 0 Å². The third kappa shape index (κ3) is 5.70. The molecule has 1 aliphatic heterocycles. The lowest BCUT2D eigenvalue weighted by molar-refractivity contribution is -0.118. The first-order valence-electron chi connectivity index (χ1n) is 10.9. The average Bonchev–Trinajstić information content (AvgIpc) is 2.78. The molecular formula is C26H22Cl3N3O2S. The molecule has 2 aromatic carbocycles. The lowest BCUT2D eigenvalue weighted by Crippen LogP contribution is -2.37. The molecule has 0 saturated carbocycles. The molecule has 0 radical (unpaired) electrons. The van der Waals surface area contributed by atoms with Crippen molar-refractivity contribution in [2.45, 2.75) is 32.6 Å². The molecule has 2 N–H and O–H groups in total. The van der Waals surface area contributed by atoms with Crippen LogP contribution >= 0.6 is 46.6 Å². The van der Waals surface area contributed by atoms with Gasteiger partial charge in [0.05, 0.1) is 39.1 Å². The Balaban J connectivity index is 1.64. The van der Waals surface area contributed by atoms with E-state index in [0.29, 0.717) is 49.8 Å². The molecule has 0 bridgehead atoms. The maximum Gasteiger partial charge on any atom is 0.234 e. The van der Waals surface area contributed by atoms with Crippen LogP contribution in [0, 0.1) is 16.7 Å². The number of thioether (sulfide) groups is 1. The Hall–Kier alpha value is -2.43. The SMILES string of the molecule is CC1(C)CC(=O)C2=C(C1)NC(SCC(=O)Nc1ccc(Cl)cc1Cl)=C(C#N)C2c1ccc(Cl)cc1. The first kappa shape index (κ1) is 25.7. The lowest BCUT2D eigenvalue weighted by Gasteiger charge is -2.39. The van der Waals surface area contributed by atoms with E-state index in [4.69, 9.17) is 34.8 Å². The molecule has 2 aromatic rings. The summed E-state index contributed by atoms with van der Waals surface area (Å²) in [7, 11) is 0. The number of hydrogen-bond acceptors (Lipinski definition) is 5. The van der Waals surface area contributed by atoms with Crippen LogP contribution in [0.4, 0.5) is 5.69 Å². The predicted molar refractivity (Wildman–Crippen MR) is 143 cm³/mol. The number of carbonyl (C=O) groups is 2. The highest BCUT2D eigenvalue weighted by atomic mass is 35.5. The largest absolute Gasteiger partial charge is 0.352 e. The molecule has 35 heavy (non-hydrogen) atoms. The molecule has 1 unspecified atom stereocenters. The van der Waals surface area contributed by atoms with Gasteiger partial charge in [0.2, 0.25) is 5.91 Å². The highest BCUT2D eigenvalue weighted by Crippen LogP contribution is 2.48. The Labute approximate surface area is 223 Å². The van der Waals surface area contributed by atoms with Crippen LogP contribution in [0.2, 0.25) is 15.1 Å². The van der Waals surface area contributed by atoms with Gasteiger partial charge < -0.3 is 10.6 Å². The van der Waals surface area contributed by atoms with Crippen molar-refractivity contribution in [1.29, 1.82) is 5.26 Å². The van der Waals surface area contributed by atoms with Crippen LogP contribution in [0.3, 0.4) is 0 Å². The first-order chi connectivity index (χ1) is 16.6. The number of ketones is 1. The van der Waals surface area contributed by atoms with Gasteiger partial charge in [-0.3, -0.25) is 9.59 Å². The fourth-order valence-electron chi connectivity index (χ4n) is 4.39. The van der Waals surface area contributed by atoms with E-state index in [-0.39, 0.29) is 22.9 Å². The van der Waals surface area contributed by atoms with Gasteiger partial charge in [-0.1, -0.05) is 72.5 Å². The molecule has 1 aliphatic carbocycles. The van der Waals surface area contributed by atoms with E-state index in [1.165, 1.54) is 11.8 Å². The second kappa shape index (κ2) is 10.3. The highest BCUT2D eigenvalue weighted by molar-refractivity contribution is 8.03. The number of allylic oxidation sites excluding steroid dienone is 3. The van der Waals surface area contributed by atoms with Gasteiger partial charge in [-0.05, 0) is 47.7 Å². The van der Waals surface area contributed by atoms with E-state index in [0.717, 1.165) is 11.3 Å². The Kier molecular flexibility index (Phi) is 7.54. The summed E-state index contributed by atoms with van der Waals surface area (Å²) in [5.41, 5.74) is 2.87. The summed E-state index contributed by atoms with van der Waals surface area (Å²) < 4.78 is 0. The van der Waals surface area contributed by atoms with Crippen LogP contribution in [0.15, 0.2) is 64.3 Å². The van der Waals surface area contributed by atoms with Gasteiger partial charge in [0, 0.05) is 27.7 Å². The Bertz CT molecular complexity index is 1310. The minimum atomic E-state index is -0.520. The number of nitrogens with one attached hydrogen (secondary N) is 2. The van der Waals surface area contributed by atoms with Crippen LogP contribution in [0.5, 0.6) is 0 Å². The number of Topliss-reactive ketones (excluding diaryl/α,β-unsaturated/α-hetero) is 1. The van der Waals surface area contributed by atoms with Gasteiger partial charge in [-0.2, -0.15) is 5.26 Å². The number of nitriles is 1. The number of anilines is 1. The summed E-state index contributed by atoms with van der Waals surface area (Å²) in [6, 6.07) is 14.3. The summed E-state index contributed by atoms with van der Waals surface area (Å²) in [5.74, 6) is -0.738. The second-order valence-corrected chi connectivity index (χ2v) is 11.5. The number of carbonyl (C=O) groups excluding carboxylic acids is 2. The van der Waals surface area contributed by atoms with Crippen molar-refractivity contribution in [2.24, 2.45) is 5.41 Å². The summed E-state index contributed by atoms with van der Waals surface area (Å²) in [5, 5.41) is 18.2. The van der Waals surface area contributed by atoms with E-state index in [1.807, 2.05) is 26.0 Å². The van der Waals surface area contributed by atoms with Crippen molar-refractivity contribution in [3.63, 3.8) is 0 Å². The van der Waals surface area contributed by atoms with Gasteiger partial charge in [-0.25, -0.2) is 0 Å². The molecule has 0 saturated heterocycles. The van der Waals surface area contributed by atoms with Crippen LogP contribution in [0.1, 0.15) is 38.2 Å². The fourth-order valence-corrected chi connectivity index (χ4v) is 5.84. The number of amides is 1. The highest BCUT2D eigenvalue weighted by Gasteiger charge is 2.41. The fraction of sp³-hybridized carbons (Fsp3) is 0.269. The predicted octanol–water partition coefficient (Wildman–Crippen LogP) is 7.08. The maximum absolute atomic E-state index is 13.2. The summed E-state index contributed by atoms with van der Waals surface area (Å²) in [6.07, 6.45) is 1.07. The molecule has 0 spiro atoms. The summed E-state index contributed by atoms with van der Waals surface area (Å²) in [4.78, 5) is 25.9. The monoisotopic (exact) mass is 545 g/mol. The molecule has 1 heterocycles. The van der Waals surface area contributed by atoms with Crippen LogP contribution < -0.4 is 10.6 Å². The zero-order valence-electron chi connectivity index (χ0n) is 19.0. The minimum absolute atomic E-state index is 0.0237. The average molecular weight is 547 g/mol. The normalized spacial score (nSPS) is 19.1. The quantitative estimate of drug-likeness (QED) is 0.419. The molecule has 0 aromatic heterocycles. The third-order valence-electron chi connectivity index (χ3n) is 5.88. The van der Waals surface area contributed by atoms with E-state index in [9.17, 15) is 14.9 Å². The first-order valence-corrected chi connectivity index (χ1v) is 13.0. The molecule has 1 atom stereocenters. The molecule has 9 heteroatoms. The zero-order valence-corrected chi connectivity index (χ0v) is 22.1. The smallest absolute Gasteiger partial charge is 0.234 e. The van der Waals surface area contributed by atoms with Crippen molar-refractivity contribution in [3.8, 4) is 6.07 Å². The van der Waals surface area contributed by atoms with Crippen molar-refractivity contribution in [2.75, 3.05) is 11.1 Å². The molecule has 0 fully saturated rings. The number of nitrogens with zero attached hydrogens (tertiary/aromatic N) is 1. The van der Waals surface area contributed by atoms with Crippen LogP contribution in [0.25, 0.3) is 0 Å². The number of dihydropyridines is 1. The molecule has 180 valence electrons. The van der Waals surface area contributed by atoms with Crippen molar-refractivity contribution in [3.05, 3.63) is 85.0 Å². The van der Waals surface area contributed by atoms with Gasteiger partial charge in [0.15, 0.2) is 5.78 Å². The number of halogens is 3. The number of rotatable bonds is 5. The van der Waals surface area contributed by atoms with E-state index in [1.54, 1.807) is 30.3 Å². The summed E-state index contributed by atoms with van der Waals surface area (Å²) >= 11 is 19.4. The van der Waals surface area contributed by atoms with Gasteiger partial charge >= 0.3 is 0 Å². The molecule has 4 rings (SSSR count). The van der Waals surface area contributed by atoms with E-state index in [2.05, 4.69) is 16.7 Å². The summed E-state index contributed by atoms with van der Waals surface area (Å²) in [6.45, 7) is 4.10. The maximum atomic E-state index is 13.2. The zero-order chi connectivity index (χ0) is 25.3. The number of hydrogen-bond donors (Lipinski definition) is 2. The van der Waals surface area contributed by atoms with Gasteiger partial charge in [0.25, 0.3) is 0 Å². The van der Waals surface area contributed by atoms with Crippen molar-refractivity contribution < 1.29 is 9.59 Å². The Morgan fingerprint density at radius 1 is 1.14 bits per heavy atom. The molecule has 1 amide bonds. The van der Waals surface area contributed by atoms with Crippen molar-refractivity contribution >= 4 is 63.9 Å².